The summed E-state index contributed by atoms with van der Waals surface area (Å²) >= 11 is 0. The largest absolute Gasteiger partial charge is 0.461 e. The van der Waals surface area contributed by atoms with E-state index < -0.39 is 0 Å². The Morgan fingerprint density at radius 3 is 2.54 bits per heavy atom. The fourth-order valence-electron chi connectivity index (χ4n) is 2.58. The third kappa shape index (κ3) is 3.94. The van der Waals surface area contributed by atoms with Gasteiger partial charge in [-0.3, -0.25) is 0 Å². The number of rotatable bonds is 6. The molecule has 0 aliphatic heterocycles. The van der Waals surface area contributed by atoms with Crippen LogP contribution in [0.1, 0.15) is 16.9 Å². The van der Waals surface area contributed by atoms with Crippen molar-refractivity contribution >= 4 is 17.0 Å². The monoisotopic (exact) mass is 324 g/mol. The van der Waals surface area contributed by atoms with E-state index in [1.54, 1.807) is 0 Å². The lowest BCUT2D eigenvalue weighted by Gasteiger charge is -2.09. The van der Waals surface area contributed by atoms with Crippen molar-refractivity contribution in [2.75, 3.05) is 6.54 Å². The van der Waals surface area contributed by atoms with E-state index in [-0.39, 0.29) is 12.6 Å². The van der Waals surface area contributed by atoms with Gasteiger partial charge in [0.2, 0.25) is 0 Å². The quantitative estimate of drug-likeness (QED) is 0.652. The Hall–Kier alpha value is -2.79. The Balaban J connectivity index is 1.45. The molecule has 2 amide bonds. The summed E-state index contributed by atoms with van der Waals surface area (Å²) in [6, 6.07) is 17.1. The first-order chi connectivity index (χ1) is 11.8. The van der Waals surface area contributed by atoms with E-state index in [0.717, 1.165) is 27.9 Å². The van der Waals surface area contributed by atoms with Gasteiger partial charge in [-0.25, -0.2) is 4.79 Å². The Labute approximate surface area is 140 Å². The average Bonchev–Trinajstić information content (AvgIpc) is 3.03. The molecule has 0 bridgehead atoms. The van der Waals surface area contributed by atoms with Crippen LogP contribution in [0.2, 0.25) is 0 Å². The van der Waals surface area contributed by atoms with Gasteiger partial charge in [0.05, 0.1) is 6.61 Å². The molecule has 1 heterocycles. The number of nitrogens with one attached hydrogen (secondary N) is 2. The molecular formula is C19H20N2O3. The van der Waals surface area contributed by atoms with Gasteiger partial charge in [0, 0.05) is 24.9 Å². The van der Waals surface area contributed by atoms with Crippen LogP contribution in [-0.2, 0) is 19.6 Å². The van der Waals surface area contributed by atoms with Gasteiger partial charge in [0.15, 0.2) is 0 Å². The van der Waals surface area contributed by atoms with Crippen LogP contribution in [0.15, 0.2) is 59.0 Å². The van der Waals surface area contributed by atoms with E-state index in [2.05, 4.69) is 10.6 Å². The average molecular weight is 324 g/mol. The van der Waals surface area contributed by atoms with Crippen molar-refractivity contribution in [3.05, 3.63) is 71.5 Å². The number of amides is 2. The highest BCUT2D eigenvalue weighted by Crippen LogP contribution is 2.18. The second-order valence-electron chi connectivity index (χ2n) is 5.54. The lowest BCUT2D eigenvalue weighted by molar-refractivity contribution is 0.240. The molecule has 3 rings (SSSR count). The molecule has 3 aromatic rings. The predicted molar refractivity (Wildman–Crippen MR) is 92.5 cm³/mol. The molecule has 0 fully saturated rings. The second-order valence-corrected chi connectivity index (χ2v) is 5.54. The van der Waals surface area contributed by atoms with Crippen molar-refractivity contribution in [2.24, 2.45) is 0 Å². The molecule has 5 nitrogen and oxygen atoms in total. The molecule has 24 heavy (non-hydrogen) atoms. The number of carbonyl (C=O) groups is 1. The Morgan fingerprint density at radius 2 is 1.75 bits per heavy atom. The third-order valence-electron chi connectivity index (χ3n) is 3.86. The first-order valence-electron chi connectivity index (χ1n) is 7.93. The van der Waals surface area contributed by atoms with E-state index in [1.165, 1.54) is 0 Å². The van der Waals surface area contributed by atoms with Crippen molar-refractivity contribution in [1.82, 2.24) is 10.6 Å². The maximum atomic E-state index is 11.9. The number of hydrogen-bond acceptors (Lipinski definition) is 3. The summed E-state index contributed by atoms with van der Waals surface area (Å²) in [5, 5.41) is 15.9. The number of hydrogen-bond donors (Lipinski definition) is 3. The summed E-state index contributed by atoms with van der Waals surface area (Å²) in [4.78, 5) is 11.9. The standard InChI is InChI=1S/C19H20N2O3/c22-13-16-7-2-1-6-15(16)12-21-19(23)20-10-9-17-11-14-5-3-4-8-18(14)24-17/h1-8,11,22H,9-10,12-13H2,(H2,20,21,23). The highest BCUT2D eigenvalue weighted by molar-refractivity contribution is 5.77. The number of urea groups is 1. The van der Waals surface area contributed by atoms with Crippen LogP contribution >= 0.6 is 0 Å². The summed E-state index contributed by atoms with van der Waals surface area (Å²) in [5.74, 6) is 0.849. The van der Waals surface area contributed by atoms with Crippen LogP contribution in [0, 0.1) is 0 Å². The SMILES string of the molecule is O=C(NCCc1cc2ccccc2o1)NCc1ccccc1CO. The van der Waals surface area contributed by atoms with Crippen molar-refractivity contribution in [3.8, 4) is 0 Å². The molecular weight excluding hydrogens is 304 g/mol. The number of para-hydroxylation sites is 1. The van der Waals surface area contributed by atoms with Gasteiger partial charge in [-0.05, 0) is 23.3 Å². The smallest absolute Gasteiger partial charge is 0.315 e. The van der Waals surface area contributed by atoms with Gasteiger partial charge in [-0.15, -0.1) is 0 Å². The molecule has 0 aliphatic carbocycles. The number of fused-ring (bicyclic) bond motifs is 1. The number of furan rings is 1. The van der Waals surface area contributed by atoms with Crippen molar-refractivity contribution in [2.45, 2.75) is 19.6 Å². The summed E-state index contributed by atoms with van der Waals surface area (Å²) in [7, 11) is 0. The van der Waals surface area contributed by atoms with Gasteiger partial charge >= 0.3 is 6.03 Å². The molecule has 0 spiro atoms. The molecule has 0 atom stereocenters. The summed E-state index contributed by atoms with van der Waals surface area (Å²) in [5.41, 5.74) is 2.59. The van der Waals surface area contributed by atoms with Gasteiger partial charge in [0.1, 0.15) is 11.3 Å². The molecule has 124 valence electrons. The zero-order valence-electron chi connectivity index (χ0n) is 13.3. The van der Waals surface area contributed by atoms with Gasteiger partial charge < -0.3 is 20.2 Å². The van der Waals surface area contributed by atoms with Crippen LogP contribution in [0.3, 0.4) is 0 Å². The lowest BCUT2D eigenvalue weighted by atomic mass is 10.1. The molecule has 3 N–H and O–H groups in total. The molecule has 0 aliphatic rings. The second kappa shape index (κ2) is 7.66. The minimum absolute atomic E-state index is 0.0362. The third-order valence-corrected chi connectivity index (χ3v) is 3.86. The van der Waals surface area contributed by atoms with Crippen molar-refractivity contribution in [1.29, 1.82) is 0 Å². The number of aliphatic hydroxyl groups excluding tert-OH is 1. The summed E-state index contributed by atoms with van der Waals surface area (Å²) in [6.07, 6.45) is 0.634. The maximum absolute atomic E-state index is 11.9. The number of carbonyl (C=O) groups excluding carboxylic acids is 1. The molecule has 2 aromatic carbocycles. The van der Waals surface area contributed by atoms with Crippen molar-refractivity contribution in [3.63, 3.8) is 0 Å². The fourth-order valence-corrected chi connectivity index (χ4v) is 2.58. The highest BCUT2D eigenvalue weighted by Gasteiger charge is 2.06. The van der Waals surface area contributed by atoms with E-state index >= 15 is 0 Å². The minimum atomic E-state index is -0.237. The molecule has 0 saturated heterocycles. The fraction of sp³-hybridized carbons (Fsp3) is 0.211. The zero-order valence-corrected chi connectivity index (χ0v) is 13.3. The van der Waals surface area contributed by atoms with Crippen LogP contribution < -0.4 is 10.6 Å². The Bertz CT molecular complexity index is 793. The van der Waals surface area contributed by atoms with Gasteiger partial charge in [-0.1, -0.05) is 42.5 Å². The van der Waals surface area contributed by atoms with E-state index in [9.17, 15) is 9.90 Å². The van der Waals surface area contributed by atoms with Crippen LogP contribution in [0.25, 0.3) is 11.0 Å². The predicted octanol–water partition coefficient (Wildman–Crippen LogP) is 2.97. The first-order valence-corrected chi connectivity index (χ1v) is 7.93. The Morgan fingerprint density at radius 1 is 1.00 bits per heavy atom. The normalized spacial score (nSPS) is 10.7. The van der Waals surface area contributed by atoms with Gasteiger partial charge in [-0.2, -0.15) is 0 Å². The summed E-state index contributed by atoms with van der Waals surface area (Å²) < 4.78 is 5.71. The van der Waals surface area contributed by atoms with Crippen LogP contribution in [-0.4, -0.2) is 17.7 Å². The highest BCUT2D eigenvalue weighted by atomic mass is 16.3. The molecule has 0 unspecified atom stereocenters. The van der Waals surface area contributed by atoms with Crippen LogP contribution in [0.5, 0.6) is 0 Å². The maximum Gasteiger partial charge on any atom is 0.315 e. The topological polar surface area (TPSA) is 74.5 Å². The number of benzene rings is 2. The van der Waals surface area contributed by atoms with Gasteiger partial charge in [0.25, 0.3) is 0 Å². The lowest BCUT2D eigenvalue weighted by Crippen LogP contribution is -2.36. The molecule has 5 heteroatoms. The molecule has 0 saturated carbocycles. The first kappa shape index (κ1) is 16.1. The Kier molecular flexibility index (Phi) is 5.13. The van der Waals surface area contributed by atoms with E-state index in [1.807, 2.05) is 54.6 Å². The number of aliphatic hydroxyl groups is 1. The van der Waals surface area contributed by atoms with Crippen LogP contribution in [0.4, 0.5) is 4.79 Å². The van der Waals surface area contributed by atoms with E-state index in [4.69, 9.17) is 4.42 Å². The van der Waals surface area contributed by atoms with Crippen molar-refractivity contribution < 1.29 is 14.3 Å². The van der Waals surface area contributed by atoms with E-state index in [0.29, 0.717) is 19.5 Å². The molecule has 1 aromatic heterocycles. The summed E-state index contributed by atoms with van der Waals surface area (Å²) in [6.45, 7) is 0.839. The minimum Gasteiger partial charge on any atom is -0.461 e. The molecule has 0 radical (unpaired) electrons. The zero-order chi connectivity index (χ0) is 16.8.